The van der Waals surface area contributed by atoms with Crippen molar-refractivity contribution in [2.45, 2.75) is 58.5 Å². The normalized spacial score (nSPS) is 13.8. The average Bonchev–Trinajstić information content (AvgIpc) is 3.28. The summed E-state index contributed by atoms with van der Waals surface area (Å²) in [6.07, 6.45) is 3.17. The number of aliphatic hydroxyl groups is 2. The van der Waals surface area contributed by atoms with E-state index in [2.05, 4.69) is 156 Å². The molecule has 4 aromatic rings. The van der Waals surface area contributed by atoms with E-state index in [1.165, 1.54) is 41.5 Å². The standard InChI is InChI=1S/C19H24N2O.C17H21N.C3H6Br2O.CH4/c22-19-15-20(13-17-7-3-1-4-8-17)11-12-21(16-19)14-18-9-5-2-6-10-18;1-3-9-16(10-4-1)11-7-8-14-18-15-17-12-5-2-6-13-17;4-1-3(6)2-5;/h1-10,19,22H,11-16H2;1-6,9-10,12-13,18H,7-8,11,14-15H2;3,6H,1-2H2;1H4. The minimum absolute atomic E-state index is 0. The maximum Gasteiger partial charge on any atom is 0.0794 e. The van der Waals surface area contributed by atoms with Gasteiger partial charge in [0.2, 0.25) is 0 Å². The number of rotatable bonds is 13. The fourth-order valence-electron chi connectivity index (χ4n) is 5.18. The Kier molecular flexibility index (Phi) is 22.3. The van der Waals surface area contributed by atoms with Gasteiger partial charge in [0, 0.05) is 56.5 Å². The first-order valence-corrected chi connectivity index (χ1v) is 18.6. The first-order chi connectivity index (χ1) is 22.6. The Morgan fingerprint density at radius 3 is 1.43 bits per heavy atom. The van der Waals surface area contributed by atoms with Crippen molar-refractivity contribution in [2.75, 3.05) is 43.4 Å². The highest BCUT2D eigenvalue weighted by Gasteiger charge is 2.21. The summed E-state index contributed by atoms with van der Waals surface area (Å²) in [6.45, 7) is 7.40. The van der Waals surface area contributed by atoms with E-state index in [-0.39, 0.29) is 19.6 Å². The minimum atomic E-state index is -0.282. The second kappa shape index (κ2) is 25.6. The Bertz CT molecular complexity index is 1170. The lowest BCUT2D eigenvalue weighted by Crippen LogP contribution is -2.33. The van der Waals surface area contributed by atoms with Crippen LogP contribution in [0.4, 0.5) is 0 Å². The van der Waals surface area contributed by atoms with Crippen molar-refractivity contribution in [1.29, 1.82) is 0 Å². The van der Waals surface area contributed by atoms with Gasteiger partial charge in [0.05, 0.1) is 12.2 Å². The number of hydrogen-bond acceptors (Lipinski definition) is 5. The highest BCUT2D eigenvalue weighted by Crippen LogP contribution is 2.12. The summed E-state index contributed by atoms with van der Waals surface area (Å²) in [6, 6.07) is 42.3. The molecule has 4 aromatic carbocycles. The maximum absolute atomic E-state index is 10.3. The lowest BCUT2D eigenvalue weighted by atomic mass is 10.1. The van der Waals surface area contributed by atoms with Crippen molar-refractivity contribution in [3.63, 3.8) is 0 Å². The number of nitrogens with one attached hydrogen (secondary N) is 1. The van der Waals surface area contributed by atoms with Crippen LogP contribution in [0.25, 0.3) is 0 Å². The molecule has 3 N–H and O–H groups in total. The van der Waals surface area contributed by atoms with Gasteiger partial charge in [-0.2, -0.15) is 0 Å². The van der Waals surface area contributed by atoms with Gasteiger partial charge in [0.1, 0.15) is 0 Å². The van der Waals surface area contributed by atoms with E-state index in [0.717, 1.165) is 52.4 Å². The van der Waals surface area contributed by atoms with Crippen LogP contribution in [0.5, 0.6) is 0 Å². The summed E-state index contributed by atoms with van der Waals surface area (Å²) in [5, 5.41) is 23.7. The maximum atomic E-state index is 10.3. The highest BCUT2D eigenvalue weighted by molar-refractivity contribution is 9.09. The number of unbranched alkanes of at least 4 members (excludes halogenated alkanes) is 1. The molecule has 1 aliphatic rings. The molecule has 1 aliphatic heterocycles. The van der Waals surface area contributed by atoms with Crippen LogP contribution in [0.3, 0.4) is 0 Å². The summed E-state index contributed by atoms with van der Waals surface area (Å²) in [5.74, 6) is 0. The lowest BCUT2D eigenvalue weighted by molar-refractivity contribution is 0.106. The smallest absolute Gasteiger partial charge is 0.0794 e. The van der Waals surface area contributed by atoms with E-state index < -0.39 is 0 Å². The summed E-state index contributed by atoms with van der Waals surface area (Å²) < 4.78 is 0. The quantitative estimate of drug-likeness (QED) is 0.0954. The lowest BCUT2D eigenvalue weighted by Gasteiger charge is -2.21. The number of nitrogens with zero attached hydrogens (tertiary/aromatic N) is 2. The van der Waals surface area contributed by atoms with Crippen LogP contribution in [0, 0.1) is 0 Å². The molecule has 0 saturated carbocycles. The Labute approximate surface area is 301 Å². The van der Waals surface area contributed by atoms with E-state index in [0.29, 0.717) is 10.7 Å². The first kappa shape index (κ1) is 40.8. The SMILES string of the molecule is C.OC(CBr)CBr.OC1CN(Cc2ccccc2)CCN(Cc2ccccc2)C1.c1ccc(CCCCNCc2ccccc2)cc1. The van der Waals surface area contributed by atoms with Crippen molar-refractivity contribution in [1.82, 2.24) is 15.1 Å². The van der Waals surface area contributed by atoms with Crippen molar-refractivity contribution in [3.8, 4) is 0 Å². The van der Waals surface area contributed by atoms with Crippen molar-refractivity contribution < 1.29 is 10.2 Å². The summed E-state index contributed by atoms with van der Waals surface area (Å²) in [4.78, 5) is 4.70. The number of halogens is 2. The number of aryl methyl sites for hydroxylation is 1. The zero-order valence-electron chi connectivity index (χ0n) is 26.9. The molecular weight excluding hydrogens is 714 g/mol. The fraction of sp³-hybridized carbons (Fsp3) is 0.400. The van der Waals surface area contributed by atoms with Gasteiger partial charge in [0.25, 0.3) is 0 Å². The topological polar surface area (TPSA) is 59.0 Å². The number of benzene rings is 4. The van der Waals surface area contributed by atoms with Crippen LogP contribution in [-0.2, 0) is 26.1 Å². The minimum Gasteiger partial charge on any atom is -0.391 e. The van der Waals surface area contributed by atoms with E-state index >= 15 is 0 Å². The number of aliphatic hydroxyl groups excluding tert-OH is 2. The van der Waals surface area contributed by atoms with Crippen molar-refractivity contribution in [3.05, 3.63) is 144 Å². The zero-order valence-corrected chi connectivity index (χ0v) is 30.1. The molecule has 0 radical (unpaired) electrons. The Morgan fingerprint density at radius 2 is 1.02 bits per heavy atom. The van der Waals surface area contributed by atoms with E-state index in [9.17, 15) is 5.11 Å². The second-order valence-corrected chi connectivity index (χ2v) is 13.0. The van der Waals surface area contributed by atoms with Gasteiger partial charge in [-0.25, -0.2) is 0 Å². The monoisotopic (exact) mass is 767 g/mol. The van der Waals surface area contributed by atoms with Gasteiger partial charge in [-0.15, -0.1) is 0 Å². The predicted octanol–water partition coefficient (Wildman–Crippen LogP) is 7.94. The van der Waals surface area contributed by atoms with Gasteiger partial charge >= 0.3 is 0 Å². The molecule has 47 heavy (non-hydrogen) atoms. The molecule has 0 bridgehead atoms. The van der Waals surface area contributed by atoms with Crippen molar-refractivity contribution >= 4 is 31.9 Å². The van der Waals surface area contributed by atoms with E-state index in [1.807, 2.05) is 12.1 Å². The average molecular weight is 770 g/mol. The van der Waals surface area contributed by atoms with Gasteiger partial charge in [-0.3, -0.25) is 9.80 Å². The Morgan fingerprint density at radius 1 is 0.617 bits per heavy atom. The molecule has 0 aliphatic carbocycles. The van der Waals surface area contributed by atoms with Crippen LogP contribution in [0.2, 0.25) is 0 Å². The zero-order chi connectivity index (χ0) is 32.7. The van der Waals surface area contributed by atoms with Crippen LogP contribution < -0.4 is 5.32 Å². The first-order valence-electron chi connectivity index (χ1n) is 16.3. The summed E-state index contributed by atoms with van der Waals surface area (Å²) >= 11 is 6.19. The molecule has 0 amide bonds. The van der Waals surface area contributed by atoms with Crippen molar-refractivity contribution in [2.24, 2.45) is 0 Å². The van der Waals surface area contributed by atoms with E-state index in [1.54, 1.807) is 0 Å². The predicted molar refractivity (Wildman–Crippen MR) is 207 cm³/mol. The Balaban J connectivity index is 0.000000278. The van der Waals surface area contributed by atoms with Gasteiger partial charge < -0.3 is 15.5 Å². The van der Waals surface area contributed by atoms with Crippen LogP contribution >= 0.6 is 31.9 Å². The third kappa shape index (κ3) is 18.7. The molecule has 1 heterocycles. The van der Waals surface area contributed by atoms with Gasteiger partial charge in [-0.05, 0) is 48.1 Å². The number of hydrogen-bond donors (Lipinski definition) is 3. The largest absolute Gasteiger partial charge is 0.391 e. The third-order valence-corrected chi connectivity index (χ3v) is 9.10. The molecule has 0 atom stereocenters. The molecule has 0 unspecified atom stereocenters. The molecule has 1 saturated heterocycles. The molecular formula is C40H55Br2N3O2. The molecule has 256 valence electrons. The third-order valence-electron chi connectivity index (χ3n) is 7.61. The van der Waals surface area contributed by atoms with Gasteiger partial charge in [-0.1, -0.05) is 161 Å². The van der Waals surface area contributed by atoms with Crippen LogP contribution in [0.15, 0.2) is 121 Å². The molecule has 0 spiro atoms. The van der Waals surface area contributed by atoms with Crippen LogP contribution in [0.1, 0.15) is 42.5 Å². The molecule has 1 fully saturated rings. The summed E-state index contributed by atoms with van der Waals surface area (Å²) in [7, 11) is 0. The molecule has 0 aromatic heterocycles. The fourth-order valence-corrected chi connectivity index (χ4v) is 6.26. The highest BCUT2D eigenvalue weighted by atomic mass is 79.9. The number of β-amino-alcohol motifs (C(OH)–C–C–N with tert-alkyl or cyclic N) is 1. The van der Waals surface area contributed by atoms with E-state index in [4.69, 9.17) is 5.11 Å². The summed E-state index contributed by atoms with van der Waals surface area (Å²) in [5.41, 5.74) is 5.43. The number of alkyl halides is 2. The van der Waals surface area contributed by atoms with Crippen LogP contribution in [-0.4, -0.2) is 75.6 Å². The second-order valence-electron chi connectivity index (χ2n) is 11.7. The molecule has 7 heteroatoms. The molecule has 5 rings (SSSR count). The molecule has 5 nitrogen and oxygen atoms in total. The van der Waals surface area contributed by atoms with Gasteiger partial charge in [0.15, 0.2) is 0 Å². The Hall–Kier alpha value is -2.36.